The van der Waals surface area contributed by atoms with E-state index in [1.807, 2.05) is 0 Å². The first-order chi connectivity index (χ1) is 10.2. The van der Waals surface area contributed by atoms with E-state index in [0.29, 0.717) is 21.5 Å². The molecule has 106 valence electrons. The highest BCUT2D eigenvalue weighted by Crippen LogP contribution is 2.36. The minimum absolute atomic E-state index is 0.0986. The predicted octanol–water partition coefficient (Wildman–Crippen LogP) is 3.61. The van der Waals surface area contributed by atoms with Crippen molar-refractivity contribution < 1.29 is 18.7 Å². The molecule has 21 heavy (non-hydrogen) atoms. The number of nitrogens with zero attached hydrogens (tertiary/aromatic N) is 1. The Labute approximate surface area is 128 Å². The SMILES string of the molecule is O=C(/C=C/c1cccc2c1OCO2)c1c(Br)ccnc1F. The molecule has 1 aromatic heterocycles. The number of aromatic nitrogens is 1. The number of ketones is 1. The van der Waals surface area contributed by atoms with E-state index in [4.69, 9.17) is 9.47 Å². The van der Waals surface area contributed by atoms with Gasteiger partial charge in [0.1, 0.15) is 0 Å². The Hall–Kier alpha value is -2.21. The first-order valence-electron chi connectivity index (χ1n) is 6.08. The van der Waals surface area contributed by atoms with Crippen molar-refractivity contribution in [2.24, 2.45) is 0 Å². The third kappa shape index (κ3) is 2.67. The number of halogens is 2. The van der Waals surface area contributed by atoms with Gasteiger partial charge in [0.05, 0.1) is 5.56 Å². The highest BCUT2D eigenvalue weighted by Gasteiger charge is 2.17. The largest absolute Gasteiger partial charge is 0.454 e. The zero-order chi connectivity index (χ0) is 14.8. The summed E-state index contributed by atoms with van der Waals surface area (Å²) in [5, 5.41) is 0. The maximum absolute atomic E-state index is 13.6. The van der Waals surface area contributed by atoms with Gasteiger partial charge in [-0.3, -0.25) is 4.79 Å². The minimum Gasteiger partial charge on any atom is -0.454 e. The molecule has 0 radical (unpaired) electrons. The van der Waals surface area contributed by atoms with Crippen LogP contribution in [0.15, 0.2) is 41.0 Å². The van der Waals surface area contributed by atoms with E-state index in [9.17, 15) is 9.18 Å². The van der Waals surface area contributed by atoms with Gasteiger partial charge < -0.3 is 9.47 Å². The summed E-state index contributed by atoms with van der Waals surface area (Å²) in [5.74, 6) is -0.0912. The predicted molar refractivity (Wildman–Crippen MR) is 77.8 cm³/mol. The number of para-hydroxylation sites is 1. The molecule has 1 aliphatic heterocycles. The van der Waals surface area contributed by atoms with Crippen molar-refractivity contribution in [3.05, 3.63) is 58.1 Å². The molecule has 0 spiro atoms. The Balaban J connectivity index is 1.90. The lowest BCUT2D eigenvalue weighted by Gasteiger charge is -2.02. The van der Waals surface area contributed by atoms with Gasteiger partial charge in [0.2, 0.25) is 12.7 Å². The molecule has 0 saturated heterocycles. The first-order valence-corrected chi connectivity index (χ1v) is 6.87. The van der Waals surface area contributed by atoms with Gasteiger partial charge in [-0.05, 0) is 40.2 Å². The highest BCUT2D eigenvalue weighted by molar-refractivity contribution is 9.10. The summed E-state index contributed by atoms with van der Waals surface area (Å²) >= 11 is 3.14. The lowest BCUT2D eigenvalue weighted by molar-refractivity contribution is 0.104. The molecule has 6 heteroatoms. The molecule has 0 fully saturated rings. The number of hydrogen-bond donors (Lipinski definition) is 0. The number of ether oxygens (including phenoxy) is 2. The number of carbonyl (C=O) groups excluding carboxylic acids is 1. The molecule has 0 unspecified atom stereocenters. The second kappa shape index (κ2) is 5.65. The van der Waals surface area contributed by atoms with E-state index in [1.54, 1.807) is 24.3 Å². The van der Waals surface area contributed by atoms with Gasteiger partial charge in [0, 0.05) is 16.2 Å². The molecule has 2 heterocycles. The number of benzene rings is 1. The second-order valence-corrected chi connectivity index (χ2v) is 5.09. The maximum atomic E-state index is 13.6. The van der Waals surface area contributed by atoms with Crippen LogP contribution in [0.5, 0.6) is 11.5 Å². The van der Waals surface area contributed by atoms with E-state index in [1.165, 1.54) is 18.3 Å². The van der Waals surface area contributed by atoms with Crippen LogP contribution in [0.4, 0.5) is 4.39 Å². The van der Waals surface area contributed by atoms with Crippen LogP contribution in [0.3, 0.4) is 0 Å². The fourth-order valence-electron chi connectivity index (χ4n) is 1.97. The van der Waals surface area contributed by atoms with Crippen LogP contribution in [0.2, 0.25) is 0 Å². The summed E-state index contributed by atoms with van der Waals surface area (Å²) < 4.78 is 24.6. The Morgan fingerprint density at radius 3 is 3.00 bits per heavy atom. The van der Waals surface area contributed by atoms with Crippen LogP contribution < -0.4 is 9.47 Å². The van der Waals surface area contributed by atoms with Gasteiger partial charge in [-0.1, -0.05) is 12.1 Å². The Morgan fingerprint density at radius 1 is 1.33 bits per heavy atom. The molecule has 0 aliphatic carbocycles. The average Bonchev–Trinajstić information content (AvgIpc) is 2.93. The van der Waals surface area contributed by atoms with E-state index in [2.05, 4.69) is 20.9 Å². The number of rotatable bonds is 3. The van der Waals surface area contributed by atoms with Crippen LogP contribution in [-0.4, -0.2) is 17.6 Å². The third-order valence-corrected chi connectivity index (χ3v) is 3.60. The smallest absolute Gasteiger partial charge is 0.231 e. The average molecular weight is 350 g/mol. The van der Waals surface area contributed by atoms with Gasteiger partial charge >= 0.3 is 0 Å². The molecule has 0 bridgehead atoms. The number of carbonyl (C=O) groups is 1. The normalized spacial score (nSPS) is 12.9. The third-order valence-electron chi connectivity index (χ3n) is 2.94. The van der Waals surface area contributed by atoms with E-state index in [0.717, 1.165) is 0 Å². The van der Waals surface area contributed by atoms with Gasteiger partial charge in [-0.2, -0.15) is 4.39 Å². The summed E-state index contributed by atoms with van der Waals surface area (Å²) in [6.45, 7) is 0.150. The zero-order valence-electron chi connectivity index (χ0n) is 10.7. The highest BCUT2D eigenvalue weighted by atomic mass is 79.9. The van der Waals surface area contributed by atoms with Gasteiger partial charge in [0.25, 0.3) is 0 Å². The number of hydrogen-bond acceptors (Lipinski definition) is 4. The van der Waals surface area contributed by atoms with E-state index >= 15 is 0 Å². The van der Waals surface area contributed by atoms with Crippen LogP contribution in [0.25, 0.3) is 6.08 Å². The summed E-state index contributed by atoms with van der Waals surface area (Å²) in [4.78, 5) is 15.6. The van der Waals surface area contributed by atoms with Gasteiger partial charge in [-0.25, -0.2) is 4.98 Å². The van der Waals surface area contributed by atoms with Crippen molar-refractivity contribution in [1.29, 1.82) is 0 Å². The van der Waals surface area contributed by atoms with Crippen LogP contribution in [0, 0.1) is 5.95 Å². The fourth-order valence-corrected chi connectivity index (χ4v) is 2.44. The minimum atomic E-state index is -0.808. The molecule has 0 saturated carbocycles. The molecule has 4 nitrogen and oxygen atoms in total. The van der Waals surface area contributed by atoms with Crippen molar-refractivity contribution >= 4 is 27.8 Å². The second-order valence-electron chi connectivity index (χ2n) is 4.24. The molecule has 0 N–H and O–H groups in total. The lowest BCUT2D eigenvalue weighted by Crippen LogP contribution is -2.02. The number of fused-ring (bicyclic) bond motifs is 1. The van der Waals surface area contributed by atoms with Crippen molar-refractivity contribution in [3.63, 3.8) is 0 Å². The number of allylic oxidation sites excluding steroid dienone is 1. The molecule has 2 aromatic rings. The lowest BCUT2D eigenvalue weighted by atomic mass is 10.1. The molecule has 0 atom stereocenters. The molecule has 1 aromatic carbocycles. The van der Waals surface area contributed by atoms with Crippen LogP contribution in [-0.2, 0) is 0 Å². The summed E-state index contributed by atoms with van der Waals surface area (Å²) in [5.41, 5.74) is 0.595. The monoisotopic (exact) mass is 349 g/mol. The Kier molecular flexibility index (Phi) is 3.70. The van der Waals surface area contributed by atoms with Gasteiger partial charge in [0.15, 0.2) is 17.3 Å². The van der Waals surface area contributed by atoms with Gasteiger partial charge in [-0.15, -0.1) is 0 Å². The van der Waals surface area contributed by atoms with E-state index < -0.39 is 11.7 Å². The van der Waals surface area contributed by atoms with Crippen molar-refractivity contribution in [3.8, 4) is 11.5 Å². The first kappa shape index (κ1) is 13.8. The Morgan fingerprint density at radius 2 is 2.19 bits per heavy atom. The quantitative estimate of drug-likeness (QED) is 0.482. The maximum Gasteiger partial charge on any atom is 0.231 e. The van der Waals surface area contributed by atoms with Crippen LogP contribution >= 0.6 is 15.9 Å². The summed E-state index contributed by atoms with van der Waals surface area (Å²) in [6.07, 6.45) is 4.13. The molecular formula is C15H9BrFNO3. The molecular weight excluding hydrogens is 341 g/mol. The van der Waals surface area contributed by atoms with Crippen molar-refractivity contribution in [1.82, 2.24) is 4.98 Å². The molecule has 0 amide bonds. The van der Waals surface area contributed by atoms with Crippen molar-refractivity contribution in [2.45, 2.75) is 0 Å². The zero-order valence-corrected chi connectivity index (χ0v) is 12.3. The summed E-state index contributed by atoms with van der Waals surface area (Å²) in [6, 6.07) is 6.87. The topological polar surface area (TPSA) is 48.4 Å². The van der Waals surface area contributed by atoms with E-state index in [-0.39, 0.29) is 12.4 Å². The summed E-state index contributed by atoms with van der Waals surface area (Å²) in [7, 11) is 0. The number of pyridine rings is 1. The van der Waals surface area contributed by atoms with Crippen molar-refractivity contribution in [2.75, 3.05) is 6.79 Å². The molecule has 1 aliphatic rings. The van der Waals surface area contributed by atoms with Crippen LogP contribution in [0.1, 0.15) is 15.9 Å². The fraction of sp³-hybridized carbons (Fsp3) is 0.0667. The molecule has 3 rings (SSSR count). The Bertz CT molecular complexity index is 725. The standard InChI is InChI=1S/C15H9BrFNO3/c16-10-6-7-18-15(17)13(10)11(19)5-4-9-2-1-3-12-14(9)21-8-20-12/h1-7H,8H2/b5-4+.